The van der Waals surface area contributed by atoms with Gasteiger partial charge >= 0.3 is 12.1 Å². The molecule has 1 heterocycles. The van der Waals surface area contributed by atoms with Crippen LogP contribution in [-0.4, -0.2) is 29.8 Å². The van der Waals surface area contributed by atoms with E-state index in [1.54, 1.807) is 0 Å². The van der Waals surface area contributed by atoms with Crippen LogP contribution in [-0.2, 0) is 16.0 Å². The fourth-order valence-corrected chi connectivity index (χ4v) is 4.94. The summed E-state index contributed by atoms with van der Waals surface area (Å²) in [6.07, 6.45) is -0.547. The molecule has 1 aliphatic rings. The summed E-state index contributed by atoms with van der Waals surface area (Å²) < 4.78 is 6.31. The molecule has 0 saturated heterocycles. The van der Waals surface area contributed by atoms with Crippen LogP contribution in [0, 0.1) is 0 Å². The fraction of sp³-hybridized carbons (Fsp3) is 0.182. The number of carbonyl (C=O) groups excluding carboxylic acids is 1. The molecule has 29 heavy (non-hydrogen) atoms. The molecule has 5 nitrogen and oxygen atoms in total. The number of rotatable bonds is 6. The number of carbonyl (C=O) groups is 2. The Hall–Kier alpha value is -2.64. The minimum absolute atomic E-state index is 0.0672. The van der Waals surface area contributed by atoms with E-state index < -0.39 is 18.1 Å². The van der Waals surface area contributed by atoms with Crippen molar-refractivity contribution in [1.29, 1.82) is 0 Å². The van der Waals surface area contributed by atoms with Crippen molar-refractivity contribution in [3.8, 4) is 11.1 Å². The molecule has 0 radical (unpaired) electrons. The molecule has 0 aliphatic heterocycles. The highest BCUT2D eigenvalue weighted by Crippen LogP contribution is 2.44. The molecule has 1 aliphatic carbocycles. The lowest BCUT2D eigenvalue weighted by atomic mass is 9.98. The molecule has 148 valence electrons. The Bertz CT molecular complexity index is 1020. The number of hydrogen-bond donors (Lipinski definition) is 2. The molecular weight excluding hydrogens is 454 g/mol. The smallest absolute Gasteiger partial charge is 0.407 e. The number of hydrogen-bond acceptors (Lipinski definition) is 4. The molecule has 1 aromatic heterocycles. The summed E-state index contributed by atoms with van der Waals surface area (Å²) >= 11 is 4.87. The van der Waals surface area contributed by atoms with E-state index in [9.17, 15) is 14.7 Å². The second-order valence-electron chi connectivity index (χ2n) is 6.78. The number of aliphatic carboxylic acids is 1. The van der Waals surface area contributed by atoms with E-state index in [1.165, 1.54) is 11.3 Å². The topological polar surface area (TPSA) is 75.6 Å². The van der Waals surface area contributed by atoms with Crippen molar-refractivity contribution in [2.24, 2.45) is 0 Å². The van der Waals surface area contributed by atoms with Gasteiger partial charge in [0.15, 0.2) is 0 Å². The van der Waals surface area contributed by atoms with Gasteiger partial charge in [0.25, 0.3) is 0 Å². The normalized spacial score (nSPS) is 13.4. The number of halogens is 1. The maximum absolute atomic E-state index is 12.3. The van der Waals surface area contributed by atoms with Gasteiger partial charge in [-0.1, -0.05) is 48.5 Å². The molecule has 3 aromatic rings. The zero-order valence-electron chi connectivity index (χ0n) is 15.3. The van der Waals surface area contributed by atoms with Gasteiger partial charge in [-0.2, -0.15) is 0 Å². The third-order valence-corrected chi connectivity index (χ3v) is 6.86. The van der Waals surface area contributed by atoms with Crippen molar-refractivity contribution in [3.63, 3.8) is 0 Å². The van der Waals surface area contributed by atoms with Crippen LogP contribution in [0.5, 0.6) is 0 Å². The van der Waals surface area contributed by atoms with Crippen LogP contribution in [0.15, 0.2) is 63.8 Å². The first-order valence-electron chi connectivity index (χ1n) is 9.10. The second kappa shape index (κ2) is 8.39. The van der Waals surface area contributed by atoms with Gasteiger partial charge < -0.3 is 15.2 Å². The third-order valence-electron chi connectivity index (χ3n) is 5.05. The van der Waals surface area contributed by atoms with Gasteiger partial charge in [-0.15, -0.1) is 11.3 Å². The molecule has 2 aromatic carbocycles. The first-order chi connectivity index (χ1) is 14.0. The van der Waals surface area contributed by atoms with Crippen LogP contribution in [0.1, 0.15) is 22.6 Å². The quantitative estimate of drug-likeness (QED) is 0.527. The van der Waals surface area contributed by atoms with Gasteiger partial charge in [0, 0.05) is 12.3 Å². The number of ether oxygens (including phenoxy) is 1. The molecule has 0 fully saturated rings. The minimum Gasteiger partial charge on any atom is -0.480 e. The van der Waals surface area contributed by atoms with Crippen LogP contribution in [0.4, 0.5) is 4.79 Å². The number of carboxylic acids is 1. The van der Waals surface area contributed by atoms with E-state index in [0.717, 1.165) is 31.6 Å². The van der Waals surface area contributed by atoms with E-state index in [-0.39, 0.29) is 18.9 Å². The second-order valence-corrected chi connectivity index (χ2v) is 9.02. The molecule has 4 rings (SSSR count). The summed E-state index contributed by atoms with van der Waals surface area (Å²) in [4.78, 5) is 23.9. The van der Waals surface area contributed by atoms with Crippen molar-refractivity contribution in [2.75, 3.05) is 6.61 Å². The number of amides is 1. The average molecular weight is 472 g/mol. The third kappa shape index (κ3) is 4.06. The highest BCUT2D eigenvalue weighted by atomic mass is 79.9. The Labute approximate surface area is 180 Å². The Morgan fingerprint density at radius 2 is 1.69 bits per heavy atom. The predicted octanol–water partition coefficient (Wildman–Crippen LogP) is 5.05. The molecular formula is C22H18BrNO4S. The summed E-state index contributed by atoms with van der Waals surface area (Å²) in [6, 6.07) is 16.9. The van der Waals surface area contributed by atoms with Crippen LogP contribution >= 0.6 is 27.3 Å². The summed E-state index contributed by atoms with van der Waals surface area (Å²) in [7, 11) is 0. The summed E-state index contributed by atoms with van der Waals surface area (Å²) in [5.74, 6) is -1.17. The Balaban J connectivity index is 1.44. The lowest BCUT2D eigenvalue weighted by Gasteiger charge is -2.17. The van der Waals surface area contributed by atoms with Crippen LogP contribution < -0.4 is 5.32 Å². The highest BCUT2D eigenvalue weighted by Gasteiger charge is 2.30. The largest absolute Gasteiger partial charge is 0.480 e. The van der Waals surface area contributed by atoms with Crippen LogP contribution in [0.25, 0.3) is 11.1 Å². The van der Waals surface area contributed by atoms with E-state index in [4.69, 9.17) is 4.74 Å². The Kier molecular flexibility index (Phi) is 5.69. The predicted molar refractivity (Wildman–Crippen MR) is 115 cm³/mol. The van der Waals surface area contributed by atoms with E-state index >= 15 is 0 Å². The number of nitrogens with one attached hydrogen (secondary N) is 1. The number of thiophene rings is 1. The monoisotopic (exact) mass is 471 g/mol. The summed E-state index contributed by atoms with van der Waals surface area (Å²) in [6.45, 7) is 0.147. The Morgan fingerprint density at radius 3 is 2.24 bits per heavy atom. The molecule has 1 amide bonds. The molecule has 0 saturated carbocycles. The van der Waals surface area contributed by atoms with Crippen molar-refractivity contribution in [1.82, 2.24) is 5.32 Å². The minimum atomic E-state index is -1.10. The first-order valence-corrected chi connectivity index (χ1v) is 10.8. The molecule has 0 spiro atoms. The van der Waals surface area contributed by atoms with Crippen LogP contribution in [0.3, 0.4) is 0 Å². The van der Waals surface area contributed by atoms with Gasteiger partial charge in [0.1, 0.15) is 12.6 Å². The number of alkyl carbamates (subject to hydrolysis) is 1. The van der Waals surface area contributed by atoms with E-state index in [0.29, 0.717) is 0 Å². The fourth-order valence-electron chi connectivity index (χ4n) is 3.67. The maximum atomic E-state index is 12.3. The lowest BCUT2D eigenvalue weighted by molar-refractivity contribution is -0.139. The maximum Gasteiger partial charge on any atom is 0.407 e. The lowest BCUT2D eigenvalue weighted by Crippen LogP contribution is -2.42. The van der Waals surface area contributed by atoms with Gasteiger partial charge in [0.2, 0.25) is 0 Å². The van der Waals surface area contributed by atoms with Crippen molar-refractivity contribution < 1.29 is 19.4 Å². The van der Waals surface area contributed by atoms with Gasteiger partial charge in [-0.05, 0) is 55.2 Å². The van der Waals surface area contributed by atoms with Crippen molar-refractivity contribution in [2.45, 2.75) is 18.4 Å². The van der Waals surface area contributed by atoms with Gasteiger partial charge in [-0.3, -0.25) is 0 Å². The first kappa shape index (κ1) is 19.7. The number of carboxylic acid groups (broad SMARTS) is 1. The Morgan fingerprint density at radius 1 is 1.07 bits per heavy atom. The average Bonchev–Trinajstić information content (AvgIpc) is 3.27. The zero-order chi connectivity index (χ0) is 20.4. The van der Waals surface area contributed by atoms with Gasteiger partial charge in [-0.25, -0.2) is 9.59 Å². The standard InChI is InChI=1S/C22H18BrNO4S/c23-20-13(9-10-29-20)11-19(21(25)26)24-22(27)28-12-18-16-7-3-1-5-14(16)15-6-2-4-8-17(15)18/h1-10,18-19H,11-12H2,(H,24,27)(H,25,26). The molecule has 2 N–H and O–H groups in total. The number of fused-ring (bicyclic) bond motifs is 3. The molecule has 0 bridgehead atoms. The zero-order valence-corrected chi connectivity index (χ0v) is 17.7. The van der Waals surface area contributed by atoms with Crippen LogP contribution in [0.2, 0.25) is 0 Å². The summed E-state index contributed by atoms with van der Waals surface area (Å²) in [5, 5.41) is 13.8. The molecule has 7 heteroatoms. The summed E-state index contributed by atoms with van der Waals surface area (Å²) in [5.41, 5.74) is 5.34. The molecule has 1 unspecified atom stereocenters. The molecule has 1 atom stereocenters. The van der Waals surface area contributed by atoms with Crippen molar-refractivity contribution in [3.05, 3.63) is 80.5 Å². The van der Waals surface area contributed by atoms with Gasteiger partial charge in [0.05, 0.1) is 3.79 Å². The van der Waals surface area contributed by atoms with E-state index in [1.807, 2.05) is 47.8 Å². The number of benzene rings is 2. The van der Waals surface area contributed by atoms with E-state index in [2.05, 4.69) is 33.4 Å². The van der Waals surface area contributed by atoms with Crippen molar-refractivity contribution >= 4 is 39.3 Å². The highest BCUT2D eigenvalue weighted by molar-refractivity contribution is 9.11. The SMILES string of the molecule is O=C(NC(Cc1ccsc1Br)C(=O)O)OCC1c2ccccc2-c2ccccc21.